The number of halogens is 1. The summed E-state index contributed by atoms with van der Waals surface area (Å²) in [4.78, 5) is 42.9. The number of anilines is 2. The van der Waals surface area contributed by atoms with Gasteiger partial charge in [0.2, 0.25) is 11.8 Å². The molecule has 4 rings (SSSR count). The van der Waals surface area contributed by atoms with E-state index >= 15 is 0 Å². The van der Waals surface area contributed by atoms with Gasteiger partial charge in [-0.05, 0) is 55.3 Å². The molecule has 2 aromatic carbocycles. The molecule has 1 aromatic heterocycles. The molecule has 0 spiro atoms. The molecular formula is C22H22BrN5O3. The lowest BCUT2D eigenvalue weighted by molar-refractivity contribution is -0.122. The van der Waals surface area contributed by atoms with Gasteiger partial charge < -0.3 is 16.0 Å². The third-order valence-electron chi connectivity index (χ3n) is 5.51. The average molecular weight is 484 g/mol. The highest BCUT2D eigenvalue weighted by atomic mass is 79.9. The predicted molar refractivity (Wildman–Crippen MR) is 123 cm³/mol. The second-order valence-corrected chi connectivity index (χ2v) is 8.51. The Morgan fingerprint density at radius 2 is 1.84 bits per heavy atom. The molecule has 31 heavy (non-hydrogen) atoms. The van der Waals surface area contributed by atoms with E-state index in [4.69, 9.17) is 5.73 Å². The number of rotatable bonds is 5. The van der Waals surface area contributed by atoms with Crippen molar-refractivity contribution >= 4 is 50.0 Å². The van der Waals surface area contributed by atoms with E-state index in [2.05, 4.69) is 31.1 Å². The molecule has 3 N–H and O–H groups in total. The SMILES string of the molecule is NC(=O)C1CCN(c2ccc(NC(=O)Cn3cnc4ccc(Br)cc4c3=O)cc2)CC1. The number of nitrogens with two attached hydrogens (primary N) is 1. The fourth-order valence-corrected chi connectivity index (χ4v) is 4.14. The van der Waals surface area contributed by atoms with Crippen molar-refractivity contribution in [2.75, 3.05) is 23.3 Å². The van der Waals surface area contributed by atoms with Gasteiger partial charge in [0.25, 0.3) is 5.56 Å². The van der Waals surface area contributed by atoms with Crippen LogP contribution in [0.1, 0.15) is 12.8 Å². The lowest BCUT2D eigenvalue weighted by Crippen LogP contribution is -2.38. The van der Waals surface area contributed by atoms with Crippen LogP contribution in [0.3, 0.4) is 0 Å². The fraction of sp³-hybridized carbons (Fsp3) is 0.273. The summed E-state index contributed by atoms with van der Waals surface area (Å²) in [5.74, 6) is -0.594. The molecule has 160 valence electrons. The minimum atomic E-state index is -0.312. The van der Waals surface area contributed by atoms with Crippen LogP contribution in [0, 0.1) is 5.92 Å². The van der Waals surface area contributed by atoms with Crippen LogP contribution in [0.15, 0.2) is 58.1 Å². The lowest BCUT2D eigenvalue weighted by atomic mass is 9.96. The van der Waals surface area contributed by atoms with E-state index in [0.717, 1.165) is 36.1 Å². The summed E-state index contributed by atoms with van der Waals surface area (Å²) in [5, 5.41) is 3.27. The van der Waals surface area contributed by atoms with Gasteiger partial charge in [-0.3, -0.25) is 19.0 Å². The van der Waals surface area contributed by atoms with E-state index in [-0.39, 0.29) is 29.8 Å². The van der Waals surface area contributed by atoms with Crippen molar-refractivity contribution in [2.45, 2.75) is 19.4 Å². The zero-order chi connectivity index (χ0) is 22.0. The van der Waals surface area contributed by atoms with Crippen LogP contribution in [0.4, 0.5) is 11.4 Å². The molecule has 1 saturated heterocycles. The molecule has 2 heterocycles. The van der Waals surface area contributed by atoms with Crippen molar-refractivity contribution in [1.29, 1.82) is 0 Å². The summed E-state index contributed by atoms with van der Waals surface area (Å²) in [7, 11) is 0. The number of aromatic nitrogens is 2. The maximum atomic E-state index is 12.6. The number of amides is 2. The van der Waals surface area contributed by atoms with E-state index in [1.807, 2.05) is 30.3 Å². The summed E-state index contributed by atoms with van der Waals surface area (Å²) in [6.45, 7) is 1.41. The summed E-state index contributed by atoms with van der Waals surface area (Å²) < 4.78 is 2.07. The minimum absolute atomic E-state index is 0.0519. The standard InChI is InChI=1S/C22H22BrN5O3/c23-15-1-6-19-18(11-15)22(31)28(13-25-19)12-20(29)26-16-2-4-17(5-3-16)27-9-7-14(8-10-27)21(24)30/h1-6,11,13-14H,7-10,12H2,(H2,24,30)(H,26,29). The minimum Gasteiger partial charge on any atom is -0.371 e. The van der Waals surface area contributed by atoms with E-state index in [1.54, 1.807) is 12.1 Å². The second kappa shape index (κ2) is 8.89. The highest BCUT2D eigenvalue weighted by Crippen LogP contribution is 2.24. The molecule has 0 aliphatic carbocycles. The number of fused-ring (bicyclic) bond motifs is 1. The van der Waals surface area contributed by atoms with Crippen LogP contribution in [-0.4, -0.2) is 34.5 Å². The van der Waals surface area contributed by atoms with E-state index in [1.165, 1.54) is 10.9 Å². The molecule has 0 bridgehead atoms. The van der Waals surface area contributed by atoms with Gasteiger partial charge in [-0.2, -0.15) is 0 Å². The highest BCUT2D eigenvalue weighted by molar-refractivity contribution is 9.10. The number of piperidine rings is 1. The van der Waals surface area contributed by atoms with Gasteiger partial charge in [0.15, 0.2) is 0 Å². The molecule has 0 unspecified atom stereocenters. The molecule has 3 aromatic rings. The summed E-state index contributed by atoms with van der Waals surface area (Å²) in [5.41, 5.74) is 7.38. The zero-order valence-electron chi connectivity index (χ0n) is 16.8. The fourth-order valence-electron chi connectivity index (χ4n) is 3.78. The Balaban J connectivity index is 1.39. The number of carbonyl (C=O) groups excluding carboxylic acids is 2. The van der Waals surface area contributed by atoms with Crippen LogP contribution >= 0.6 is 15.9 Å². The van der Waals surface area contributed by atoms with Gasteiger partial charge in [-0.1, -0.05) is 15.9 Å². The van der Waals surface area contributed by atoms with E-state index in [9.17, 15) is 14.4 Å². The summed E-state index contributed by atoms with van der Waals surface area (Å²) in [6.07, 6.45) is 2.88. The number of nitrogens with zero attached hydrogens (tertiary/aromatic N) is 3. The Morgan fingerprint density at radius 1 is 1.13 bits per heavy atom. The number of primary amides is 1. The van der Waals surface area contributed by atoms with Crippen molar-refractivity contribution in [3.63, 3.8) is 0 Å². The smallest absolute Gasteiger partial charge is 0.261 e. The number of hydrogen-bond acceptors (Lipinski definition) is 5. The van der Waals surface area contributed by atoms with Crippen molar-refractivity contribution in [2.24, 2.45) is 11.7 Å². The largest absolute Gasteiger partial charge is 0.371 e. The van der Waals surface area contributed by atoms with Gasteiger partial charge in [-0.25, -0.2) is 4.98 Å². The predicted octanol–water partition coefficient (Wildman–Crippen LogP) is 2.50. The third kappa shape index (κ3) is 4.77. The molecular weight excluding hydrogens is 462 g/mol. The molecule has 8 nitrogen and oxygen atoms in total. The Kier molecular flexibility index (Phi) is 6.03. The second-order valence-electron chi connectivity index (χ2n) is 7.60. The van der Waals surface area contributed by atoms with E-state index < -0.39 is 0 Å². The first-order chi connectivity index (χ1) is 14.9. The Morgan fingerprint density at radius 3 is 2.52 bits per heavy atom. The lowest BCUT2D eigenvalue weighted by Gasteiger charge is -2.32. The first-order valence-corrected chi connectivity index (χ1v) is 10.8. The average Bonchev–Trinajstić information content (AvgIpc) is 2.77. The Hall–Kier alpha value is -3.20. The maximum Gasteiger partial charge on any atom is 0.261 e. The molecule has 1 fully saturated rings. The normalized spacial score (nSPS) is 14.5. The Labute approximate surface area is 187 Å². The van der Waals surface area contributed by atoms with Crippen LogP contribution in [0.2, 0.25) is 0 Å². The summed E-state index contributed by atoms with van der Waals surface area (Å²) >= 11 is 3.35. The zero-order valence-corrected chi connectivity index (χ0v) is 18.3. The number of hydrogen-bond donors (Lipinski definition) is 2. The molecule has 9 heteroatoms. The first kappa shape index (κ1) is 21.0. The van der Waals surface area contributed by atoms with Crippen LogP contribution in [0.5, 0.6) is 0 Å². The summed E-state index contributed by atoms with van der Waals surface area (Å²) in [6, 6.07) is 12.8. The molecule has 2 amide bonds. The third-order valence-corrected chi connectivity index (χ3v) is 6.01. The van der Waals surface area contributed by atoms with Gasteiger partial charge in [-0.15, -0.1) is 0 Å². The van der Waals surface area contributed by atoms with Crippen molar-refractivity contribution < 1.29 is 9.59 Å². The number of nitrogens with one attached hydrogen (secondary N) is 1. The molecule has 1 aliphatic rings. The molecule has 0 saturated carbocycles. The van der Waals surface area contributed by atoms with Crippen molar-refractivity contribution in [1.82, 2.24) is 9.55 Å². The molecule has 0 radical (unpaired) electrons. The molecule has 0 atom stereocenters. The quantitative estimate of drug-likeness (QED) is 0.579. The van der Waals surface area contributed by atoms with Crippen LogP contribution in [0.25, 0.3) is 10.9 Å². The van der Waals surface area contributed by atoms with Gasteiger partial charge >= 0.3 is 0 Å². The monoisotopic (exact) mass is 483 g/mol. The Bertz CT molecular complexity index is 1180. The highest BCUT2D eigenvalue weighted by Gasteiger charge is 2.23. The number of carbonyl (C=O) groups is 2. The van der Waals surface area contributed by atoms with Crippen LogP contribution in [-0.2, 0) is 16.1 Å². The first-order valence-electron chi connectivity index (χ1n) is 9.99. The molecule has 1 aliphatic heterocycles. The van der Waals surface area contributed by atoms with Crippen molar-refractivity contribution in [3.8, 4) is 0 Å². The maximum absolute atomic E-state index is 12.6. The van der Waals surface area contributed by atoms with Gasteiger partial charge in [0, 0.05) is 34.9 Å². The number of benzene rings is 2. The van der Waals surface area contributed by atoms with Gasteiger partial charge in [0.05, 0.1) is 17.2 Å². The topological polar surface area (TPSA) is 110 Å². The van der Waals surface area contributed by atoms with E-state index in [0.29, 0.717) is 16.6 Å². The van der Waals surface area contributed by atoms with Crippen LogP contribution < -0.4 is 21.5 Å². The van der Waals surface area contributed by atoms with Gasteiger partial charge in [0.1, 0.15) is 6.54 Å². The van der Waals surface area contributed by atoms with Crippen molar-refractivity contribution in [3.05, 3.63) is 63.6 Å².